The third kappa shape index (κ3) is 3.16. The Bertz CT molecular complexity index is 960. The lowest BCUT2D eigenvalue weighted by Crippen LogP contribution is -1.85. The number of rotatable bonds is 2. The number of phenols is 1. The molecule has 2 aromatic carbocycles. The highest BCUT2D eigenvalue weighted by atomic mass is 79.9. The molecule has 23 heavy (non-hydrogen) atoms. The van der Waals surface area contributed by atoms with E-state index in [1.54, 1.807) is 18.2 Å². The molecular weight excluding hydrogens is 422 g/mol. The first kappa shape index (κ1) is 15.8. The van der Waals surface area contributed by atoms with E-state index in [1.807, 2.05) is 25.1 Å². The number of halogens is 2. The van der Waals surface area contributed by atoms with Crippen molar-refractivity contribution >= 4 is 54.5 Å². The fourth-order valence-electron chi connectivity index (χ4n) is 2.24. The molecule has 0 spiro atoms. The van der Waals surface area contributed by atoms with Gasteiger partial charge in [-0.25, -0.2) is 4.98 Å². The SMILES string of the molecule is Cc1ccc2nc(C(C#N)=Cc3cc(Br)c(O)c(Br)c3)[nH]c2c1. The van der Waals surface area contributed by atoms with E-state index in [4.69, 9.17) is 0 Å². The van der Waals surface area contributed by atoms with Crippen molar-refractivity contribution in [3.63, 3.8) is 0 Å². The van der Waals surface area contributed by atoms with Crippen LogP contribution in [0.3, 0.4) is 0 Å². The fourth-order valence-corrected chi connectivity index (χ4v) is 3.46. The fraction of sp³-hybridized carbons (Fsp3) is 0.0588. The van der Waals surface area contributed by atoms with Crippen molar-refractivity contribution in [1.82, 2.24) is 9.97 Å². The van der Waals surface area contributed by atoms with Crippen LogP contribution in [0.15, 0.2) is 39.3 Å². The first-order valence-corrected chi connectivity index (χ1v) is 8.33. The minimum Gasteiger partial charge on any atom is -0.506 e. The first-order valence-electron chi connectivity index (χ1n) is 6.74. The summed E-state index contributed by atoms with van der Waals surface area (Å²) in [4.78, 5) is 7.64. The van der Waals surface area contributed by atoms with Gasteiger partial charge < -0.3 is 10.1 Å². The Balaban J connectivity index is 2.09. The van der Waals surface area contributed by atoms with Crippen LogP contribution in [0.4, 0.5) is 0 Å². The van der Waals surface area contributed by atoms with Gasteiger partial charge in [0.25, 0.3) is 0 Å². The molecule has 6 heteroatoms. The molecule has 0 saturated carbocycles. The average molecular weight is 433 g/mol. The summed E-state index contributed by atoms with van der Waals surface area (Å²) in [6, 6.07) is 11.6. The number of fused-ring (bicyclic) bond motifs is 1. The summed E-state index contributed by atoms with van der Waals surface area (Å²) in [6.07, 6.45) is 1.72. The van der Waals surface area contributed by atoms with E-state index in [0.29, 0.717) is 20.3 Å². The molecule has 0 saturated heterocycles. The molecule has 0 aliphatic carbocycles. The summed E-state index contributed by atoms with van der Waals surface area (Å²) < 4.78 is 1.10. The number of aromatic hydroxyl groups is 1. The maximum Gasteiger partial charge on any atom is 0.149 e. The third-order valence-electron chi connectivity index (χ3n) is 3.36. The summed E-state index contributed by atoms with van der Waals surface area (Å²) in [5.41, 5.74) is 4.04. The average Bonchev–Trinajstić information content (AvgIpc) is 2.92. The number of nitrogens with one attached hydrogen (secondary N) is 1. The topological polar surface area (TPSA) is 72.7 Å². The summed E-state index contributed by atoms with van der Waals surface area (Å²) in [6.45, 7) is 2.01. The standard InChI is InChI=1S/C17H11Br2N3O/c1-9-2-3-14-15(4-9)22-17(21-14)11(8-20)5-10-6-12(18)16(23)13(19)7-10/h2-7,23H,1H3,(H,21,22). The van der Waals surface area contributed by atoms with Crippen LogP contribution in [-0.4, -0.2) is 15.1 Å². The van der Waals surface area contributed by atoms with Crippen molar-refractivity contribution in [3.8, 4) is 11.8 Å². The molecule has 3 aromatic rings. The van der Waals surface area contributed by atoms with Crippen molar-refractivity contribution in [2.45, 2.75) is 6.92 Å². The van der Waals surface area contributed by atoms with E-state index in [0.717, 1.165) is 22.2 Å². The minimum atomic E-state index is 0.125. The van der Waals surface area contributed by atoms with Crippen LogP contribution in [0.5, 0.6) is 5.75 Å². The van der Waals surface area contributed by atoms with E-state index in [2.05, 4.69) is 47.9 Å². The number of nitriles is 1. The smallest absolute Gasteiger partial charge is 0.149 e. The summed E-state index contributed by atoms with van der Waals surface area (Å²) in [5.74, 6) is 0.647. The number of aryl methyl sites for hydroxylation is 1. The van der Waals surface area contributed by atoms with Gasteiger partial charge in [-0.15, -0.1) is 0 Å². The first-order chi connectivity index (χ1) is 11.0. The minimum absolute atomic E-state index is 0.125. The van der Waals surface area contributed by atoms with Crippen LogP contribution < -0.4 is 0 Å². The molecular formula is C17H11Br2N3O. The monoisotopic (exact) mass is 431 g/mol. The van der Waals surface area contributed by atoms with Gasteiger partial charge in [0.05, 0.1) is 25.6 Å². The number of H-pyrrole nitrogens is 1. The molecule has 4 nitrogen and oxygen atoms in total. The molecule has 0 unspecified atom stereocenters. The summed E-state index contributed by atoms with van der Waals surface area (Å²) >= 11 is 6.57. The number of benzene rings is 2. The Hall–Kier alpha value is -2.10. The van der Waals surface area contributed by atoms with Crippen molar-refractivity contribution in [1.29, 1.82) is 5.26 Å². The highest BCUT2D eigenvalue weighted by Crippen LogP contribution is 2.34. The predicted octanol–water partition coefficient (Wildman–Crippen LogP) is 5.17. The van der Waals surface area contributed by atoms with Crippen LogP contribution in [0, 0.1) is 18.3 Å². The van der Waals surface area contributed by atoms with E-state index >= 15 is 0 Å². The number of imidazole rings is 1. The van der Waals surface area contributed by atoms with Gasteiger partial charge in [0.15, 0.2) is 0 Å². The zero-order valence-electron chi connectivity index (χ0n) is 12.1. The van der Waals surface area contributed by atoms with Crippen LogP contribution in [0.25, 0.3) is 22.7 Å². The molecule has 0 atom stereocenters. The number of aromatic nitrogens is 2. The lowest BCUT2D eigenvalue weighted by Gasteiger charge is -2.03. The highest BCUT2D eigenvalue weighted by Gasteiger charge is 2.10. The Kier molecular flexibility index (Phi) is 4.24. The molecule has 0 fully saturated rings. The lowest BCUT2D eigenvalue weighted by molar-refractivity contribution is 0.468. The Morgan fingerprint density at radius 1 is 1.26 bits per heavy atom. The second kappa shape index (κ2) is 6.19. The molecule has 0 amide bonds. The van der Waals surface area contributed by atoms with Gasteiger partial charge in [-0.1, -0.05) is 6.07 Å². The Labute approximate surface area is 149 Å². The summed E-state index contributed by atoms with van der Waals surface area (Å²) in [7, 11) is 0. The van der Waals surface area contributed by atoms with E-state index in [-0.39, 0.29) is 5.75 Å². The number of phenolic OH excluding ortho intramolecular Hbond substituents is 1. The van der Waals surface area contributed by atoms with Crippen LogP contribution >= 0.6 is 31.9 Å². The number of hydrogen-bond donors (Lipinski definition) is 2. The molecule has 1 heterocycles. The largest absolute Gasteiger partial charge is 0.506 e. The van der Waals surface area contributed by atoms with Gasteiger partial charge in [0, 0.05) is 0 Å². The third-order valence-corrected chi connectivity index (χ3v) is 4.57. The van der Waals surface area contributed by atoms with Crippen LogP contribution in [-0.2, 0) is 0 Å². The lowest BCUT2D eigenvalue weighted by atomic mass is 10.1. The van der Waals surface area contributed by atoms with Crippen LogP contribution in [0.1, 0.15) is 17.0 Å². The van der Waals surface area contributed by atoms with Gasteiger partial charge in [0.1, 0.15) is 17.6 Å². The zero-order chi connectivity index (χ0) is 16.6. The normalized spacial score (nSPS) is 11.7. The number of allylic oxidation sites excluding steroid dienone is 1. The second-order valence-electron chi connectivity index (χ2n) is 5.11. The van der Waals surface area contributed by atoms with Crippen molar-refractivity contribution in [2.24, 2.45) is 0 Å². The molecule has 0 radical (unpaired) electrons. The maximum atomic E-state index is 9.76. The van der Waals surface area contributed by atoms with Gasteiger partial charge in [-0.3, -0.25) is 0 Å². The Morgan fingerprint density at radius 3 is 2.61 bits per heavy atom. The number of nitrogens with zero attached hydrogens (tertiary/aromatic N) is 2. The molecule has 114 valence electrons. The quantitative estimate of drug-likeness (QED) is 0.549. The van der Waals surface area contributed by atoms with Crippen LogP contribution in [0.2, 0.25) is 0 Å². The molecule has 3 rings (SSSR count). The molecule has 0 aliphatic rings. The maximum absolute atomic E-state index is 9.76. The second-order valence-corrected chi connectivity index (χ2v) is 6.82. The number of hydrogen-bond acceptors (Lipinski definition) is 3. The zero-order valence-corrected chi connectivity index (χ0v) is 15.2. The van der Waals surface area contributed by atoms with Crippen molar-refractivity contribution in [3.05, 3.63) is 56.2 Å². The van der Waals surface area contributed by atoms with Gasteiger partial charge in [-0.2, -0.15) is 5.26 Å². The summed E-state index contributed by atoms with van der Waals surface area (Å²) in [5, 5.41) is 19.2. The molecule has 0 bridgehead atoms. The van der Waals surface area contributed by atoms with Gasteiger partial charge in [-0.05, 0) is 80.3 Å². The molecule has 0 aliphatic heterocycles. The molecule has 1 aromatic heterocycles. The number of aromatic amines is 1. The molecule has 2 N–H and O–H groups in total. The van der Waals surface area contributed by atoms with Crippen molar-refractivity contribution in [2.75, 3.05) is 0 Å². The predicted molar refractivity (Wildman–Crippen MR) is 97.8 cm³/mol. The van der Waals surface area contributed by atoms with E-state index in [1.165, 1.54) is 0 Å². The highest BCUT2D eigenvalue weighted by molar-refractivity contribution is 9.11. The Morgan fingerprint density at radius 2 is 1.96 bits per heavy atom. The van der Waals surface area contributed by atoms with E-state index < -0.39 is 0 Å². The van der Waals surface area contributed by atoms with Crippen molar-refractivity contribution < 1.29 is 5.11 Å². The van der Waals surface area contributed by atoms with E-state index in [9.17, 15) is 10.4 Å². The van der Waals surface area contributed by atoms with Gasteiger partial charge in [0.2, 0.25) is 0 Å². The van der Waals surface area contributed by atoms with Gasteiger partial charge >= 0.3 is 0 Å².